The number of benzene rings is 1. The molecule has 0 spiro atoms. The van der Waals surface area contributed by atoms with Crippen molar-refractivity contribution in [3.05, 3.63) is 72.6 Å². The lowest BCUT2D eigenvalue weighted by atomic mass is 10.2. The van der Waals surface area contributed by atoms with Crippen LogP contribution in [0.4, 0.5) is 4.39 Å². The summed E-state index contributed by atoms with van der Waals surface area (Å²) < 4.78 is 23.9. The number of rotatable bonds is 6. The van der Waals surface area contributed by atoms with Gasteiger partial charge in [-0.15, -0.1) is 0 Å². The van der Waals surface area contributed by atoms with Crippen molar-refractivity contribution in [2.24, 2.45) is 0 Å². The van der Waals surface area contributed by atoms with Crippen molar-refractivity contribution in [2.75, 3.05) is 0 Å². The van der Waals surface area contributed by atoms with Crippen molar-refractivity contribution in [2.45, 2.75) is 19.6 Å². The maximum Gasteiger partial charge on any atom is 0.261 e. The fourth-order valence-corrected chi connectivity index (χ4v) is 2.23. The van der Waals surface area contributed by atoms with Crippen LogP contribution in [0.1, 0.15) is 12.5 Å². The second kappa shape index (κ2) is 7.61. The minimum absolute atomic E-state index is 0.0521. The first kappa shape index (κ1) is 16.7. The highest BCUT2D eigenvalue weighted by Gasteiger charge is 2.16. The van der Waals surface area contributed by atoms with Crippen LogP contribution in [0.25, 0.3) is 11.3 Å². The van der Waals surface area contributed by atoms with E-state index < -0.39 is 11.9 Å². The Kier molecular flexibility index (Phi) is 5.09. The van der Waals surface area contributed by atoms with Crippen LogP contribution in [0.15, 0.2) is 65.6 Å². The molecule has 2 aromatic heterocycles. The average Bonchev–Trinajstić information content (AvgIpc) is 3.16. The summed E-state index contributed by atoms with van der Waals surface area (Å²) in [6, 6.07) is 11.5. The predicted molar refractivity (Wildman–Crippen MR) is 90.3 cm³/mol. The fourth-order valence-electron chi connectivity index (χ4n) is 2.23. The van der Waals surface area contributed by atoms with Gasteiger partial charge in [-0.2, -0.15) is 0 Å². The number of pyridine rings is 1. The number of carbonyl (C=O) groups is 1. The van der Waals surface area contributed by atoms with E-state index in [0.29, 0.717) is 6.54 Å². The Bertz CT molecular complexity index is 832. The topological polar surface area (TPSA) is 64.4 Å². The Labute approximate surface area is 144 Å². The maximum atomic E-state index is 13.5. The third kappa shape index (κ3) is 4.23. The average molecular weight is 340 g/mol. The molecule has 0 aliphatic heterocycles. The molecular formula is C19H17FN2O3. The summed E-state index contributed by atoms with van der Waals surface area (Å²) in [6.45, 7) is 1.88. The molecule has 6 heteroatoms. The SMILES string of the molecule is CC(Oc1ccccc1F)C(=O)NCc1ccc(-c2ccoc2)nc1. The molecule has 1 unspecified atom stereocenters. The van der Waals surface area contributed by atoms with E-state index in [0.717, 1.165) is 16.8 Å². The highest BCUT2D eigenvalue weighted by atomic mass is 19.1. The van der Waals surface area contributed by atoms with Crippen LogP contribution in [-0.4, -0.2) is 17.0 Å². The number of halogens is 1. The van der Waals surface area contributed by atoms with Crippen LogP contribution in [0.2, 0.25) is 0 Å². The molecule has 0 saturated carbocycles. The van der Waals surface area contributed by atoms with Crippen LogP contribution in [-0.2, 0) is 11.3 Å². The standard InChI is InChI=1S/C19H17FN2O3/c1-13(25-18-5-3-2-4-16(18)20)19(23)22-11-14-6-7-17(21-10-14)15-8-9-24-12-15/h2-10,12-13H,11H2,1H3,(H,22,23). The van der Waals surface area contributed by atoms with E-state index in [2.05, 4.69) is 10.3 Å². The van der Waals surface area contributed by atoms with Crippen LogP contribution >= 0.6 is 0 Å². The molecule has 1 atom stereocenters. The normalized spacial score (nSPS) is 11.8. The molecule has 0 aliphatic carbocycles. The van der Waals surface area contributed by atoms with Gasteiger partial charge in [0, 0.05) is 18.3 Å². The number of carbonyl (C=O) groups excluding carboxylic acids is 1. The number of para-hydroxylation sites is 1. The Morgan fingerprint density at radius 3 is 2.80 bits per heavy atom. The van der Waals surface area contributed by atoms with Gasteiger partial charge in [0.25, 0.3) is 5.91 Å². The molecule has 25 heavy (non-hydrogen) atoms. The smallest absolute Gasteiger partial charge is 0.261 e. The van der Waals surface area contributed by atoms with Crippen molar-refractivity contribution in [3.8, 4) is 17.0 Å². The van der Waals surface area contributed by atoms with Crippen molar-refractivity contribution in [1.82, 2.24) is 10.3 Å². The van der Waals surface area contributed by atoms with Crippen molar-refractivity contribution < 1.29 is 18.3 Å². The minimum Gasteiger partial charge on any atom is -0.478 e. The molecule has 1 amide bonds. The fraction of sp³-hybridized carbons (Fsp3) is 0.158. The second-order valence-corrected chi connectivity index (χ2v) is 5.47. The molecule has 0 saturated heterocycles. The van der Waals surface area contributed by atoms with Gasteiger partial charge in [0.05, 0.1) is 18.2 Å². The third-order valence-electron chi connectivity index (χ3n) is 3.62. The molecule has 0 aliphatic rings. The predicted octanol–water partition coefficient (Wildman–Crippen LogP) is 3.56. The Morgan fingerprint density at radius 1 is 1.28 bits per heavy atom. The summed E-state index contributed by atoms with van der Waals surface area (Å²) in [6.07, 6.45) is 4.08. The van der Waals surface area contributed by atoms with Crippen molar-refractivity contribution in [1.29, 1.82) is 0 Å². The van der Waals surface area contributed by atoms with Crippen LogP contribution in [0.5, 0.6) is 5.75 Å². The van der Waals surface area contributed by atoms with Gasteiger partial charge in [-0.25, -0.2) is 4.39 Å². The minimum atomic E-state index is -0.810. The molecule has 0 bridgehead atoms. The molecule has 5 nitrogen and oxygen atoms in total. The van der Waals surface area contributed by atoms with E-state index in [4.69, 9.17) is 9.15 Å². The summed E-state index contributed by atoms with van der Waals surface area (Å²) in [5.41, 5.74) is 2.53. The first-order valence-electron chi connectivity index (χ1n) is 7.80. The summed E-state index contributed by atoms with van der Waals surface area (Å²) in [4.78, 5) is 16.4. The zero-order valence-corrected chi connectivity index (χ0v) is 13.6. The number of amides is 1. The van der Waals surface area contributed by atoms with Gasteiger partial charge >= 0.3 is 0 Å². The van der Waals surface area contributed by atoms with Crippen molar-refractivity contribution >= 4 is 5.91 Å². The summed E-state index contributed by atoms with van der Waals surface area (Å²) in [5.74, 6) is -0.778. The Hall–Kier alpha value is -3.15. The number of hydrogen-bond donors (Lipinski definition) is 1. The molecule has 0 radical (unpaired) electrons. The van der Waals surface area contributed by atoms with Gasteiger partial charge in [-0.3, -0.25) is 9.78 Å². The van der Waals surface area contributed by atoms with E-state index >= 15 is 0 Å². The van der Waals surface area contributed by atoms with Gasteiger partial charge in [0.15, 0.2) is 17.7 Å². The highest BCUT2D eigenvalue weighted by molar-refractivity contribution is 5.80. The summed E-state index contributed by atoms with van der Waals surface area (Å²) in [7, 11) is 0. The van der Waals surface area contributed by atoms with Gasteiger partial charge < -0.3 is 14.5 Å². The highest BCUT2D eigenvalue weighted by Crippen LogP contribution is 2.18. The zero-order valence-electron chi connectivity index (χ0n) is 13.6. The monoisotopic (exact) mass is 340 g/mol. The van der Waals surface area contributed by atoms with E-state index in [-0.39, 0.29) is 11.7 Å². The largest absolute Gasteiger partial charge is 0.478 e. The molecule has 0 fully saturated rings. The van der Waals surface area contributed by atoms with E-state index in [9.17, 15) is 9.18 Å². The van der Waals surface area contributed by atoms with Crippen LogP contribution < -0.4 is 10.1 Å². The lowest BCUT2D eigenvalue weighted by Crippen LogP contribution is -2.36. The summed E-state index contributed by atoms with van der Waals surface area (Å²) >= 11 is 0. The zero-order chi connectivity index (χ0) is 17.6. The molecule has 3 aromatic rings. The number of nitrogens with one attached hydrogen (secondary N) is 1. The van der Waals surface area contributed by atoms with Crippen LogP contribution in [0.3, 0.4) is 0 Å². The Morgan fingerprint density at radius 2 is 2.12 bits per heavy atom. The number of ether oxygens (including phenoxy) is 1. The van der Waals surface area contributed by atoms with E-state index in [1.54, 1.807) is 37.8 Å². The lowest BCUT2D eigenvalue weighted by Gasteiger charge is -2.15. The quantitative estimate of drug-likeness (QED) is 0.745. The van der Waals surface area contributed by atoms with Crippen molar-refractivity contribution in [3.63, 3.8) is 0 Å². The molecule has 1 aromatic carbocycles. The molecule has 3 rings (SSSR count). The van der Waals surface area contributed by atoms with Gasteiger partial charge in [-0.05, 0) is 36.8 Å². The molecule has 128 valence electrons. The molecule has 2 heterocycles. The van der Waals surface area contributed by atoms with Gasteiger partial charge in [-0.1, -0.05) is 18.2 Å². The van der Waals surface area contributed by atoms with Gasteiger partial charge in [0.1, 0.15) is 0 Å². The summed E-state index contributed by atoms with van der Waals surface area (Å²) in [5, 5.41) is 2.75. The first-order chi connectivity index (χ1) is 12.1. The van der Waals surface area contributed by atoms with Gasteiger partial charge in [0.2, 0.25) is 0 Å². The number of aromatic nitrogens is 1. The molecular weight excluding hydrogens is 323 g/mol. The maximum absolute atomic E-state index is 13.5. The van der Waals surface area contributed by atoms with E-state index in [1.807, 2.05) is 18.2 Å². The second-order valence-electron chi connectivity index (χ2n) is 5.47. The van der Waals surface area contributed by atoms with Crippen LogP contribution in [0, 0.1) is 5.82 Å². The lowest BCUT2D eigenvalue weighted by molar-refractivity contribution is -0.127. The Balaban J connectivity index is 1.54. The molecule has 1 N–H and O–H groups in total. The number of nitrogens with zero attached hydrogens (tertiary/aromatic N) is 1. The van der Waals surface area contributed by atoms with E-state index in [1.165, 1.54) is 12.1 Å². The number of hydrogen-bond acceptors (Lipinski definition) is 4. The number of furan rings is 1. The third-order valence-corrected chi connectivity index (χ3v) is 3.62. The first-order valence-corrected chi connectivity index (χ1v) is 7.80.